The van der Waals surface area contributed by atoms with E-state index in [0.29, 0.717) is 0 Å². The lowest BCUT2D eigenvalue weighted by Gasteiger charge is -2.11. The van der Waals surface area contributed by atoms with Crippen molar-refractivity contribution in [3.05, 3.63) is 29.3 Å². The number of benzene rings is 1. The third kappa shape index (κ3) is 6.92. The molecule has 0 aliphatic heterocycles. The molecule has 0 saturated heterocycles. The summed E-state index contributed by atoms with van der Waals surface area (Å²) in [4.78, 5) is 23.8. The first-order valence-corrected chi connectivity index (χ1v) is 7.14. The normalized spacial score (nSPS) is 10.3. The number of rotatable bonds is 11. The van der Waals surface area contributed by atoms with E-state index in [-0.39, 0.29) is 63.3 Å². The Kier molecular flexibility index (Phi) is 9.39. The molecule has 0 amide bonds. The fourth-order valence-corrected chi connectivity index (χ4v) is 1.59. The monoisotopic (exact) mass is 344 g/mol. The molecule has 0 saturated carbocycles. The van der Waals surface area contributed by atoms with E-state index in [0.717, 1.165) is 0 Å². The Labute approximate surface area is 138 Å². The van der Waals surface area contributed by atoms with Gasteiger partial charge in [0.1, 0.15) is 19.0 Å². The molecule has 0 heterocycles. The van der Waals surface area contributed by atoms with Gasteiger partial charge in [-0.25, -0.2) is 9.59 Å². The smallest absolute Gasteiger partial charge is 0.338 e. The predicted molar refractivity (Wildman–Crippen MR) is 79.7 cm³/mol. The Bertz CT molecular complexity index is 491. The minimum Gasteiger partial charge on any atom is -0.468 e. The molecule has 0 atom stereocenters. The largest absolute Gasteiger partial charge is 0.468 e. The van der Waals surface area contributed by atoms with Crippen molar-refractivity contribution < 1.29 is 43.9 Å². The highest BCUT2D eigenvalue weighted by Gasteiger charge is 2.16. The van der Waals surface area contributed by atoms with E-state index in [4.69, 9.17) is 34.3 Å². The summed E-state index contributed by atoms with van der Waals surface area (Å²) >= 11 is 0. The maximum Gasteiger partial charge on any atom is 0.338 e. The van der Waals surface area contributed by atoms with E-state index in [1.54, 1.807) is 0 Å². The van der Waals surface area contributed by atoms with Crippen LogP contribution >= 0.6 is 0 Å². The van der Waals surface area contributed by atoms with Crippen LogP contribution in [0.4, 0.5) is 0 Å². The van der Waals surface area contributed by atoms with Gasteiger partial charge in [-0.2, -0.15) is 0 Å². The van der Waals surface area contributed by atoms with Crippen molar-refractivity contribution >= 4 is 11.9 Å². The third-order valence-corrected chi connectivity index (χ3v) is 2.57. The van der Waals surface area contributed by atoms with Gasteiger partial charge in [-0.05, 0) is 18.2 Å². The van der Waals surface area contributed by atoms with Crippen LogP contribution < -0.4 is 4.74 Å². The molecule has 0 unspecified atom stereocenters. The minimum absolute atomic E-state index is 0.0269. The van der Waals surface area contributed by atoms with E-state index < -0.39 is 11.9 Å². The number of ether oxygens (including phenoxy) is 4. The second-order valence-electron chi connectivity index (χ2n) is 4.36. The minimum atomic E-state index is -0.748. The van der Waals surface area contributed by atoms with Crippen LogP contribution in [0.1, 0.15) is 20.7 Å². The predicted octanol–water partition coefficient (Wildman–Crippen LogP) is -0.670. The van der Waals surface area contributed by atoms with Crippen LogP contribution in [0.3, 0.4) is 0 Å². The maximum atomic E-state index is 11.9. The van der Waals surface area contributed by atoms with Gasteiger partial charge in [0.05, 0.1) is 37.6 Å². The average molecular weight is 344 g/mol. The first-order chi connectivity index (χ1) is 11.6. The Morgan fingerprint density at radius 3 is 1.75 bits per heavy atom. The summed E-state index contributed by atoms with van der Waals surface area (Å²) in [6, 6.07) is 3.93. The molecule has 1 rings (SSSR count). The van der Waals surface area contributed by atoms with Crippen LogP contribution in [0.15, 0.2) is 18.2 Å². The van der Waals surface area contributed by atoms with Crippen molar-refractivity contribution in [2.45, 2.75) is 0 Å². The number of hydrogen-bond donors (Lipinski definition) is 3. The van der Waals surface area contributed by atoms with Crippen molar-refractivity contribution in [2.24, 2.45) is 0 Å². The van der Waals surface area contributed by atoms with E-state index in [9.17, 15) is 9.59 Å². The Balaban J connectivity index is 2.91. The molecule has 0 aromatic heterocycles. The number of aliphatic hydroxyl groups excluding tert-OH is 3. The lowest BCUT2D eigenvalue weighted by atomic mass is 10.1. The lowest BCUT2D eigenvalue weighted by Crippen LogP contribution is -2.13. The van der Waals surface area contributed by atoms with Crippen molar-refractivity contribution in [2.75, 3.05) is 46.4 Å². The Morgan fingerprint density at radius 1 is 0.792 bits per heavy atom. The van der Waals surface area contributed by atoms with E-state index in [1.807, 2.05) is 0 Å². The van der Waals surface area contributed by atoms with Crippen molar-refractivity contribution in [1.82, 2.24) is 0 Å². The van der Waals surface area contributed by atoms with E-state index in [2.05, 4.69) is 0 Å². The molecule has 9 nitrogen and oxygen atoms in total. The first kappa shape index (κ1) is 19.8. The highest BCUT2D eigenvalue weighted by molar-refractivity contribution is 5.96. The number of carbonyl (C=O) groups is 2. The van der Waals surface area contributed by atoms with Gasteiger partial charge in [0.15, 0.2) is 6.79 Å². The fraction of sp³-hybridized carbons (Fsp3) is 0.467. The van der Waals surface area contributed by atoms with Gasteiger partial charge in [-0.15, -0.1) is 0 Å². The van der Waals surface area contributed by atoms with E-state index in [1.165, 1.54) is 18.2 Å². The fourth-order valence-electron chi connectivity index (χ4n) is 1.59. The molecule has 24 heavy (non-hydrogen) atoms. The van der Waals surface area contributed by atoms with Gasteiger partial charge >= 0.3 is 11.9 Å². The number of carbonyl (C=O) groups excluding carboxylic acids is 2. The van der Waals surface area contributed by atoms with Crippen LogP contribution in [0.5, 0.6) is 5.75 Å². The molecule has 1 aromatic rings. The second-order valence-corrected chi connectivity index (χ2v) is 4.36. The number of esters is 2. The molecule has 9 heteroatoms. The molecule has 0 aliphatic carbocycles. The van der Waals surface area contributed by atoms with Crippen LogP contribution in [0, 0.1) is 0 Å². The third-order valence-electron chi connectivity index (χ3n) is 2.57. The Morgan fingerprint density at radius 2 is 1.29 bits per heavy atom. The summed E-state index contributed by atoms with van der Waals surface area (Å²) in [7, 11) is 0. The molecule has 0 bridgehead atoms. The first-order valence-electron chi connectivity index (χ1n) is 7.14. The molecule has 0 fully saturated rings. The molecule has 1 aromatic carbocycles. The molecule has 134 valence electrons. The standard InChI is InChI=1S/C15H20O9/c16-1-4-21-10-24-13-8-11(14(19)22-5-2-17)7-12(9-13)15(20)23-6-3-18/h7-9,16-18H,1-6,10H2. The highest BCUT2D eigenvalue weighted by atomic mass is 16.7. The van der Waals surface area contributed by atoms with Gasteiger partial charge in [0.25, 0.3) is 0 Å². The summed E-state index contributed by atoms with van der Waals surface area (Å²) in [5.41, 5.74) is 0.0538. The topological polar surface area (TPSA) is 132 Å². The summed E-state index contributed by atoms with van der Waals surface area (Å²) in [6.07, 6.45) is 0. The Hall–Kier alpha value is -2.20. The number of hydrogen-bond acceptors (Lipinski definition) is 9. The summed E-state index contributed by atoms with van der Waals surface area (Å²) in [5.74, 6) is -1.34. The SMILES string of the molecule is O=C(OCCO)c1cc(OCOCCO)cc(C(=O)OCCO)c1. The van der Waals surface area contributed by atoms with Gasteiger partial charge in [0.2, 0.25) is 0 Å². The summed E-state index contributed by atoms with van der Waals surface area (Å²) in [6.45, 7) is -1.33. The molecular formula is C15H20O9. The number of aliphatic hydroxyl groups is 3. The average Bonchev–Trinajstić information content (AvgIpc) is 2.60. The molecule has 0 spiro atoms. The second kappa shape index (κ2) is 11.4. The van der Waals surface area contributed by atoms with Crippen molar-refractivity contribution in [3.8, 4) is 5.75 Å². The lowest BCUT2D eigenvalue weighted by molar-refractivity contribution is -0.00124. The molecular weight excluding hydrogens is 324 g/mol. The quantitative estimate of drug-likeness (QED) is 0.272. The molecule has 3 N–H and O–H groups in total. The molecule has 0 radical (unpaired) electrons. The van der Waals surface area contributed by atoms with Crippen molar-refractivity contribution in [1.29, 1.82) is 0 Å². The highest BCUT2D eigenvalue weighted by Crippen LogP contribution is 2.19. The van der Waals surface area contributed by atoms with Gasteiger partial charge in [0, 0.05) is 0 Å². The van der Waals surface area contributed by atoms with E-state index >= 15 is 0 Å². The zero-order valence-corrected chi connectivity index (χ0v) is 13.0. The summed E-state index contributed by atoms with van der Waals surface area (Å²) < 4.78 is 19.8. The zero-order valence-electron chi connectivity index (χ0n) is 13.0. The van der Waals surface area contributed by atoms with Crippen LogP contribution in [0.2, 0.25) is 0 Å². The van der Waals surface area contributed by atoms with Gasteiger partial charge in [-0.3, -0.25) is 0 Å². The van der Waals surface area contributed by atoms with Gasteiger partial charge in [-0.1, -0.05) is 0 Å². The van der Waals surface area contributed by atoms with Crippen molar-refractivity contribution in [3.63, 3.8) is 0 Å². The van der Waals surface area contributed by atoms with Crippen LogP contribution in [-0.4, -0.2) is 73.7 Å². The van der Waals surface area contributed by atoms with Gasteiger partial charge < -0.3 is 34.3 Å². The zero-order chi connectivity index (χ0) is 17.8. The summed E-state index contributed by atoms with van der Waals surface area (Å²) in [5, 5.41) is 26.0. The van der Waals surface area contributed by atoms with Crippen LogP contribution in [-0.2, 0) is 14.2 Å². The maximum absolute atomic E-state index is 11.9. The van der Waals surface area contributed by atoms with Crippen LogP contribution in [0.25, 0.3) is 0 Å². The molecule has 0 aliphatic rings.